The molecule has 0 aliphatic heterocycles. The van der Waals surface area contributed by atoms with Crippen molar-refractivity contribution in [2.45, 2.75) is 12.3 Å². The van der Waals surface area contributed by atoms with Crippen LogP contribution in [0.25, 0.3) is 0 Å². The fraction of sp³-hybridized carbons (Fsp3) is 0.300. The summed E-state index contributed by atoms with van der Waals surface area (Å²) in [5.41, 5.74) is 0.179. The van der Waals surface area contributed by atoms with Crippen molar-refractivity contribution in [2.24, 2.45) is 0 Å². The van der Waals surface area contributed by atoms with Crippen molar-refractivity contribution in [3.05, 3.63) is 33.4 Å². The summed E-state index contributed by atoms with van der Waals surface area (Å²) >= 11 is 1.85. The summed E-state index contributed by atoms with van der Waals surface area (Å²) in [7, 11) is 0. The summed E-state index contributed by atoms with van der Waals surface area (Å²) in [5, 5.41) is 1.79. The quantitative estimate of drug-likeness (QED) is 0.649. The first-order valence-corrected chi connectivity index (χ1v) is 5.61. The van der Waals surface area contributed by atoms with Crippen molar-refractivity contribution in [1.82, 2.24) is 5.32 Å². The molecule has 0 bridgehead atoms. The number of nitrogens with one attached hydrogen (secondary N) is 1. The molecule has 0 saturated heterocycles. The van der Waals surface area contributed by atoms with Crippen LogP contribution >= 0.6 is 22.6 Å². The minimum atomic E-state index is -4.21. The van der Waals surface area contributed by atoms with Crippen LogP contribution in [0.4, 0.5) is 17.6 Å². The highest BCUT2D eigenvalue weighted by molar-refractivity contribution is 14.1. The van der Waals surface area contributed by atoms with Gasteiger partial charge in [-0.2, -0.15) is 8.78 Å². The van der Waals surface area contributed by atoms with E-state index in [2.05, 4.69) is 0 Å². The number of hydrogen-bond donors (Lipinski definition) is 1. The van der Waals surface area contributed by atoms with Gasteiger partial charge in [-0.1, -0.05) is 12.1 Å². The zero-order valence-corrected chi connectivity index (χ0v) is 10.5. The Bertz CT molecular complexity index is 411. The van der Waals surface area contributed by atoms with Gasteiger partial charge in [-0.15, -0.1) is 0 Å². The van der Waals surface area contributed by atoms with Gasteiger partial charge in [0.05, 0.1) is 12.1 Å². The molecule has 0 unspecified atom stereocenters. The normalized spacial score (nSPS) is 11.6. The fourth-order valence-electron chi connectivity index (χ4n) is 1.02. The smallest absolute Gasteiger partial charge is 0.324 e. The molecule has 2 nitrogen and oxygen atoms in total. The number of hydrogen-bond acceptors (Lipinski definition) is 1. The van der Waals surface area contributed by atoms with E-state index in [0.717, 1.165) is 0 Å². The van der Waals surface area contributed by atoms with Gasteiger partial charge in [-0.3, -0.25) is 4.79 Å². The summed E-state index contributed by atoms with van der Waals surface area (Å²) in [6.07, 6.45) is -3.79. The molecule has 7 heteroatoms. The van der Waals surface area contributed by atoms with Crippen LogP contribution in [0.15, 0.2) is 24.3 Å². The summed E-state index contributed by atoms with van der Waals surface area (Å²) in [6.45, 7) is -1.38. The molecule has 0 atom stereocenters. The largest absolute Gasteiger partial charge is 0.346 e. The highest BCUT2D eigenvalue weighted by atomic mass is 127. The molecule has 0 aromatic heterocycles. The van der Waals surface area contributed by atoms with Crippen molar-refractivity contribution >= 4 is 28.5 Å². The first-order chi connectivity index (χ1) is 7.84. The zero-order chi connectivity index (χ0) is 13.1. The van der Waals surface area contributed by atoms with Crippen molar-refractivity contribution in [3.63, 3.8) is 0 Å². The predicted molar refractivity (Wildman–Crippen MR) is 62.4 cm³/mol. The van der Waals surface area contributed by atoms with Crippen molar-refractivity contribution < 1.29 is 22.4 Å². The van der Waals surface area contributed by atoms with Gasteiger partial charge in [0.1, 0.15) is 0 Å². The second kappa shape index (κ2) is 5.65. The van der Waals surface area contributed by atoms with E-state index in [4.69, 9.17) is 0 Å². The molecule has 17 heavy (non-hydrogen) atoms. The Hall–Kier alpha value is -0.860. The standard InChI is InChI=1S/C10H8F4INO/c11-9(12)10(13,14)5-16-8(17)6-3-1-2-4-7(6)15/h1-4,9H,5H2,(H,16,17). The van der Waals surface area contributed by atoms with Gasteiger partial charge < -0.3 is 5.32 Å². The molecule has 1 aromatic carbocycles. The molecule has 1 rings (SSSR count). The highest BCUT2D eigenvalue weighted by Crippen LogP contribution is 2.21. The van der Waals surface area contributed by atoms with Crippen LogP contribution in [-0.4, -0.2) is 24.8 Å². The highest BCUT2D eigenvalue weighted by Gasteiger charge is 2.40. The minimum absolute atomic E-state index is 0.179. The van der Waals surface area contributed by atoms with Crippen LogP contribution in [0.2, 0.25) is 0 Å². The number of halogens is 5. The molecule has 94 valence electrons. The van der Waals surface area contributed by atoms with E-state index in [0.29, 0.717) is 3.57 Å². The summed E-state index contributed by atoms with van der Waals surface area (Å²) in [6, 6.07) is 6.27. The van der Waals surface area contributed by atoms with Gasteiger partial charge in [0.2, 0.25) is 0 Å². The van der Waals surface area contributed by atoms with Crippen LogP contribution in [0.5, 0.6) is 0 Å². The van der Waals surface area contributed by atoms with E-state index >= 15 is 0 Å². The third kappa shape index (κ3) is 3.83. The Kier molecular flexibility index (Phi) is 4.72. The van der Waals surface area contributed by atoms with Crippen LogP contribution in [0, 0.1) is 3.57 Å². The third-order valence-electron chi connectivity index (χ3n) is 1.92. The number of benzene rings is 1. The fourth-order valence-corrected chi connectivity index (χ4v) is 1.65. The monoisotopic (exact) mass is 361 g/mol. The Morgan fingerprint density at radius 1 is 1.35 bits per heavy atom. The molecule has 0 spiro atoms. The summed E-state index contributed by atoms with van der Waals surface area (Å²) in [5.74, 6) is -5.01. The number of carbonyl (C=O) groups excluding carboxylic acids is 1. The second-order valence-electron chi connectivity index (χ2n) is 3.22. The molecular weight excluding hydrogens is 353 g/mol. The number of alkyl halides is 4. The van der Waals surface area contributed by atoms with E-state index in [-0.39, 0.29) is 5.56 Å². The lowest BCUT2D eigenvalue weighted by Crippen LogP contribution is -2.41. The van der Waals surface area contributed by atoms with Gasteiger partial charge in [-0.05, 0) is 34.7 Å². The molecular formula is C10H8F4INO. The lowest BCUT2D eigenvalue weighted by molar-refractivity contribution is -0.123. The molecule has 0 radical (unpaired) electrons. The van der Waals surface area contributed by atoms with Gasteiger partial charge in [0, 0.05) is 3.57 Å². The van der Waals surface area contributed by atoms with Crippen LogP contribution in [0.3, 0.4) is 0 Å². The lowest BCUT2D eigenvalue weighted by atomic mass is 10.2. The summed E-state index contributed by atoms with van der Waals surface area (Å²) in [4.78, 5) is 11.4. The zero-order valence-electron chi connectivity index (χ0n) is 8.39. The average molecular weight is 361 g/mol. The van der Waals surface area contributed by atoms with Gasteiger partial charge >= 0.3 is 12.3 Å². The van der Waals surface area contributed by atoms with Crippen LogP contribution < -0.4 is 5.32 Å². The Labute approximate surface area is 109 Å². The van der Waals surface area contributed by atoms with Gasteiger partial charge in [0.15, 0.2) is 0 Å². The molecule has 0 aliphatic carbocycles. The number of carbonyl (C=O) groups is 1. The second-order valence-corrected chi connectivity index (χ2v) is 4.39. The average Bonchev–Trinajstić information content (AvgIpc) is 2.26. The lowest BCUT2D eigenvalue weighted by Gasteiger charge is -2.15. The van der Waals surface area contributed by atoms with E-state index in [1.54, 1.807) is 23.5 Å². The molecule has 0 fully saturated rings. The molecule has 1 N–H and O–H groups in total. The third-order valence-corrected chi connectivity index (χ3v) is 2.86. The number of amides is 1. The van der Waals surface area contributed by atoms with Crippen LogP contribution in [-0.2, 0) is 0 Å². The number of rotatable bonds is 4. The van der Waals surface area contributed by atoms with E-state index in [9.17, 15) is 22.4 Å². The Balaban J connectivity index is 2.66. The SMILES string of the molecule is O=C(NCC(F)(F)C(F)F)c1ccccc1I. The van der Waals surface area contributed by atoms with E-state index < -0.39 is 24.8 Å². The molecule has 1 aromatic rings. The maximum Gasteiger partial charge on any atom is 0.324 e. The van der Waals surface area contributed by atoms with E-state index in [1.165, 1.54) is 6.07 Å². The summed E-state index contributed by atoms with van der Waals surface area (Å²) < 4.78 is 49.4. The van der Waals surface area contributed by atoms with Gasteiger partial charge in [-0.25, -0.2) is 8.78 Å². The van der Waals surface area contributed by atoms with Crippen LogP contribution in [0.1, 0.15) is 10.4 Å². The maximum absolute atomic E-state index is 12.6. The van der Waals surface area contributed by atoms with Gasteiger partial charge in [0.25, 0.3) is 5.91 Å². The van der Waals surface area contributed by atoms with Crippen molar-refractivity contribution in [2.75, 3.05) is 6.54 Å². The van der Waals surface area contributed by atoms with Crippen molar-refractivity contribution in [3.8, 4) is 0 Å². The molecule has 0 aliphatic rings. The predicted octanol–water partition coefficient (Wildman–Crippen LogP) is 2.92. The molecule has 0 heterocycles. The molecule has 0 saturated carbocycles. The minimum Gasteiger partial charge on any atom is -0.346 e. The maximum atomic E-state index is 12.6. The van der Waals surface area contributed by atoms with Crippen molar-refractivity contribution in [1.29, 1.82) is 0 Å². The topological polar surface area (TPSA) is 29.1 Å². The molecule has 1 amide bonds. The Morgan fingerprint density at radius 3 is 2.47 bits per heavy atom. The Morgan fingerprint density at radius 2 is 1.94 bits per heavy atom. The van der Waals surface area contributed by atoms with E-state index in [1.807, 2.05) is 22.6 Å². The first kappa shape index (κ1) is 14.2. The first-order valence-electron chi connectivity index (χ1n) is 4.53.